The first-order valence-electron chi connectivity index (χ1n) is 4.26. The summed E-state index contributed by atoms with van der Waals surface area (Å²) < 4.78 is 4.93. The Morgan fingerprint density at radius 1 is 1.25 bits per heavy atom. The molecule has 0 aliphatic heterocycles. The Labute approximate surface area is 71.2 Å². The smallest absolute Gasteiger partial charge is 0.225 e. The van der Waals surface area contributed by atoms with Gasteiger partial charge in [-0.1, -0.05) is 17.3 Å². The van der Waals surface area contributed by atoms with E-state index in [9.17, 15) is 0 Å². The van der Waals surface area contributed by atoms with Gasteiger partial charge in [-0.05, 0) is 25.7 Å². The summed E-state index contributed by atoms with van der Waals surface area (Å²) in [5.74, 6) is 0.500. The average molecular weight is 164 g/mol. The third kappa shape index (κ3) is 1.22. The Hall–Kier alpha value is -1.25. The molecule has 0 bridgehead atoms. The Bertz CT molecular complexity index is 301. The second-order valence-electron chi connectivity index (χ2n) is 3.02. The zero-order chi connectivity index (χ0) is 8.39. The van der Waals surface area contributed by atoms with Crippen molar-refractivity contribution in [1.82, 2.24) is 5.16 Å². The summed E-state index contributed by atoms with van der Waals surface area (Å²) in [7, 11) is 0. The van der Waals surface area contributed by atoms with E-state index >= 15 is 0 Å². The van der Waals surface area contributed by atoms with Gasteiger partial charge in [0.15, 0.2) is 0 Å². The quantitative estimate of drug-likeness (QED) is 0.593. The Morgan fingerprint density at radius 2 is 2.00 bits per heavy atom. The van der Waals surface area contributed by atoms with Gasteiger partial charge >= 0.3 is 0 Å². The average Bonchev–Trinajstić information content (AvgIpc) is 2.31. The zero-order valence-electron chi connectivity index (χ0n) is 6.92. The number of hydrogen-bond acceptors (Lipinski definition) is 3. The van der Waals surface area contributed by atoms with Crippen LogP contribution in [-0.2, 0) is 12.8 Å². The predicted molar refractivity (Wildman–Crippen MR) is 46.7 cm³/mol. The van der Waals surface area contributed by atoms with E-state index in [-0.39, 0.29) is 0 Å². The summed E-state index contributed by atoms with van der Waals surface area (Å²) in [6.07, 6.45) is 8.37. The Morgan fingerprint density at radius 3 is 2.83 bits per heavy atom. The van der Waals surface area contributed by atoms with Gasteiger partial charge in [0.2, 0.25) is 5.88 Å². The van der Waals surface area contributed by atoms with Gasteiger partial charge in [-0.3, -0.25) is 0 Å². The van der Waals surface area contributed by atoms with Crippen molar-refractivity contribution >= 4 is 5.88 Å². The van der Waals surface area contributed by atoms with E-state index in [1.165, 1.54) is 0 Å². The molecule has 0 radical (unpaired) electrons. The van der Waals surface area contributed by atoms with Gasteiger partial charge in [0.1, 0.15) is 0 Å². The maximum Gasteiger partial charge on any atom is 0.225 e. The highest BCUT2D eigenvalue weighted by atomic mass is 16.5. The van der Waals surface area contributed by atoms with E-state index in [0.29, 0.717) is 5.88 Å². The summed E-state index contributed by atoms with van der Waals surface area (Å²) in [4.78, 5) is 0. The standard InChI is InChI=1S/C9H12N2O/c10-9-7-5-3-1-2-4-6-8(7)11-12-9/h1-2H,3-6,10H2/b2-1-. The van der Waals surface area contributed by atoms with Crippen molar-refractivity contribution < 1.29 is 4.52 Å². The molecule has 0 fully saturated rings. The van der Waals surface area contributed by atoms with Crippen LogP contribution in [-0.4, -0.2) is 5.16 Å². The molecule has 3 heteroatoms. The molecule has 2 N–H and O–H groups in total. The molecule has 1 aromatic heterocycles. The third-order valence-corrected chi connectivity index (χ3v) is 2.18. The monoisotopic (exact) mass is 164 g/mol. The minimum atomic E-state index is 0.500. The van der Waals surface area contributed by atoms with E-state index < -0.39 is 0 Å². The molecule has 0 saturated heterocycles. The molecule has 64 valence electrons. The topological polar surface area (TPSA) is 52.0 Å². The fraction of sp³-hybridized carbons (Fsp3) is 0.444. The zero-order valence-corrected chi connectivity index (χ0v) is 6.92. The van der Waals surface area contributed by atoms with Crippen LogP contribution in [0.3, 0.4) is 0 Å². The Kier molecular flexibility index (Phi) is 1.86. The van der Waals surface area contributed by atoms with Crippen molar-refractivity contribution in [3.8, 4) is 0 Å². The first-order valence-corrected chi connectivity index (χ1v) is 4.26. The highest BCUT2D eigenvalue weighted by Gasteiger charge is 2.12. The lowest BCUT2D eigenvalue weighted by Crippen LogP contribution is -1.97. The van der Waals surface area contributed by atoms with Crippen LogP contribution in [0, 0.1) is 0 Å². The number of nitrogens with two attached hydrogens (primary N) is 1. The van der Waals surface area contributed by atoms with Gasteiger partial charge in [-0.25, -0.2) is 0 Å². The molecular formula is C9H12N2O. The van der Waals surface area contributed by atoms with E-state index in [1.54, 1.807) is 0 Å². The van der Waals surface area contributed by atoms with Crippen LogP contribution in [0.1, 0.15) is 24.1 Å². The highest BCUT2D eigenvalue weighted by Crippen LogP contribution is 2.21. The number of fused-ring (bicyclic) bond motifs is 1. The van der Waals surface area contributed by atoms with Crippen molar-refractivity contribution in [2.45, 2.75) is 25.7 Å². The summed E-state index contributed by atoms with van der Waals surface area (Å²) >= 11 is 0. The molecule has 3 nitrogen and oxygen atoms in total. The summed E-state index contributed by atoms with van der Waals surface area (Å²) in [5.41, 5.74) is 7.78. The molecule has 1 heterocycles. The van der Waals surface area contributed by atoms with Crippen molar-refractivity contribution in [3.63, 3.8) is 0 Å². The number of allylic oxidation sites excluding steroid dienone is 2. The number of aromatic nitrogens is 1. The van der Waals surface area contributed by atoms with Gasteiger partial charge in [0, 0.05) is 5.56 Å². The van der Waals surface area contributed by atoms with Crippen molar-refractivity contribution in [3.05, 3.63) is 23.4 Å². The maximum absolute atomic E-state index is 5.63. The largest absolute Gasteiger partial charge is 0.367 e. The molecule has 2 rings (SSSR count). The van der Waals surface area contributed by atoms with Crippen LogP contribution in [0.15, 0.2) is 16.7 Å². The van der Waals surface area contributed by atoms with Gasteiger partial charge in [0.05, 0.1) is 5.69 Å². The van der Waals surface area contributed by atoms with Gasteiger partial charge in [-0.2, -0.15) is 0 Å². The highest BCUT2D eigenvalue weighted by molar-refractivity contribution is 5.39. The van der Waals surface area contributed by atoms with Crippen LogP contribution in [0.25, 0.3) is 0 Å². The lowest BCUT2D eigenvalue weighted by molar-refractivity contribution is 0.427. The predicted octanol–water partition coefficient (Wildman–Crippen LogP) is 1.69. The minimum absolute atomic E-state index is 0.500. The first kappa shape index (κ1) is 7.40. The second-order valence-corrected chi connectivity index (χ2v) is 3.02. The first-order chi connectivity index (χ1) is 5.88. The van der Waals surface area contributed by atoms with E-state index in [2.05, 4.69) is 17.3 Å². The van der Waals surface area contributed by atoms with Crippen LogP contribution >= 0.6 is 0 Å². The summed E-state index contributed by atoms with van der Waals surface area (Å²) in [6, 6.07) is 0. The van der Waals surface area contributed by atoms with Gasteiger partial charge < -0.3 is 10.3 Å². The molecule has 0 unspecified atom stereocenters. The fourth-order valence-electron chi connectivity index (χ4n) is 1.50. The lowest BCUT2D eigenvalue weighted by atomic mass is 10.0. The van der Waals surface area contributed by atoms with Crippen LogP contribution in [0.4, 0.5) is 5.88 Å². The van der Waals surface area contributed by atoms with Crippen molar-refractivity contribution in [2.24, 2.45) is 0 Å². The number of anilines is 1. The van der Waals surface area contributed by atoms with Crippen LogP contribution in [0.2, 0.25) is 0 Å². The molecular weight excluding hydrogens is 152 g/mol. The van der Waals surface area contributed by atoms with Gasteiger partial charge in [0.25, 0.3) is 0 Å². The normalized spacial score (nSPS) is 19.3. The lowest BCUT2D eigenvalue weighted by Gasteiger charge is -2.01. The number of nitrogen functional groups attached to an aromatic ring is 1. The maximum atomic E-state index is 5.63. The van der Waals surface area contributed by atoms with E-state index in [0.717, 1.165) is 36.9 Å². The Balaban J connectivity index is 2.31. The molecule has 0 amide bonds. The van der Waals surface area contributed by atoms with Gasteiger partial charge in [-0.15, -0.1) is 0 Å². The number of hydrogen-bond donors (Lipinski definition) is 1. The third-order valence-electron chi connectivity index (χ3n) is 2.18. The summed E-state index contributed by atoms with van der Waals surface area (Å²) in [5, 5.41) is 3.92. The molecule has 0 atom stereocenters. The minimum Gasteiger partial charge on any atom is -0.367 e. The molecule has 12 heavy (non-hydrogen) atoms. The number of aryl methyl sites for hydroxylation is 1. The van der Waals surface area contributed by atoms with Crippen LogP contribution in [0.5, 0.6) is 0 Å². The molecule has 0 spiro atoms. The van der Waals surface area contributed by atoms with Crippen molar-refractivity contribution in [1.29, 1.82) is 0 Å². The number of nitrogens with zero attached hydrogens (tertiary/aromatic N) is 1. The molecule has 1 aliphatic carbocycles. The van der Waals surface area contributed by atoms with Crippen molar-refractivity contribution in [2.75, 3.05) is 5.73 Å². The number of rotatable bonds is 0. The SMILES string of the molecule is Nc1onc2c1CC/C=C\CC2. The van der Waals surface area contributed by atoms with E-state index in [1.807, 2.05) is 0 Å². The van der Waals surface area contributed by atoms with E-state index in [4.69, 9.17) is 10.3 Å². The molecule has 1 aliphatic rings. The molecule has 0 aromatic carbocycles. The fourth-order valence-corrected chi connectivity index (χ4v) is 1.50. The summed E-state index contributed by atoms with van der Waals surface area (Å²) in [6.45, 7) is 0. The second kappa shape index (κ2) is 3.01. The molecule has 0 saturated carbocycles. The molecule has 1 aromatic rings. The van der Waals surface area contributed by atoms with Crippen LogP contribution < -0.4 is 5.73 Å².